The van der Waals surface area contributed by atoms with E-state index < -0.39 is 11.4 Å². The average Bonchev–Trinajstić information content (AvgIpc) is 2.77. The van der Waals surface area contributed by atoms with Crippen molar-refractivity contribution in [2.45, 2.75) is 25.3 Å². The van der Waals surface area contributed by atoms with Crippen molar-refractivity contribution in [3.63, 3.8) is 0 Å². The lowest BCUT2D eigenvalue weighted by atomic mass is 9.81. The lowest BCUT2D eigenvalue weighted by Gasteiger charge is -2.23. The van der Waals surface area contributed by atoms with Gasteiger partial charge >= 0.3 is 5.97 Å². The second-order valence-corrected chi connectivity index (χ2v) is 6.16. The first kappa shape index (κ1) is 16.1. The second-order valence-electron chi connectivity index (χ2n) is 6.16. The van der Waals surface area contributed by atoms with Crippen molar-refractivity contribution < 1.29 is 19.4 Å². The minimum Gasteiger partial charge on any atom is -0.497 e. The van der Waals surface area contributed by atoms with Crippen molar-refractivity contribution in [3.8, 4) is 5.75 Å². The van der Waals surface area contributed by atoms with Crippen molar-refractivity contribution in [3.05, 3.63) is 59.7 Å². The van der Waals surface area contributed by atoms with E-state index in [1.165, 1.54) is 0 Å². The van der Waals surface area contributed by atoms with Gasteiger partial charge in [-0.1, -0.05) is 30.3 Å². The van der Waals surface area contributed by atoms with E-state index >= 15 is 0 Å². The Kier molecular flexibility index (Phi) is 4.01. The van der Waals surface area contributed by atoms with Crippen LogP contribution in [0.25, 0.3) is 0 Å². The molecule has 0 unspecified atom stereocenters. The molecule has 1 atom stereocenters. The molecule has 2 aromatic rings. The molecule has 124 valence electrons. The number of hydrogen-bond acceptors (Lipinski definition) is 3. The minimum atomic E-state index is -1.03. The maximum atomic E-state index is 13.0. The van der Waals surface area contributed by atoms with Gasteiger partial charge in [-0.3, -0.25) is 9.59 Å². The maximum Gasteiger partial charge on any atom is 0.304 e. The van der Waals surface area contributed by atoms with Crippen LogP contribution in [0.3, 0.4) is 0 Å². The zero-order chi connectivity index (χ0) is 17.3. The third kappa shape index (κ3) is 2.62. The largest absolute Gasteiger partial charge is 0.497 e. The molecule has 0 saturated carbocycles. The van der Waals surface area contributed by atoms with Gasteiger partial charge in [-0.05, 0) is 36.2 Å². The number of aliphatic carboxylic acids is 1. The molecule has 0 radical (unpaired) electrons. The number of rotatable bonds is 5. The molecule has 1 N–H and O–H groups in total. The van der Waals surface area contributed by atoms with E-state index in [1.54, 1.807) is 18.9 Å². The number of carbonyl (C=O) groups excluding carboxylic acids is 1. The van der Waals surface area contributed by atoms with Gasteiger partial charge in [0.25, 0.3) is 0 Å². The summed E-state index contributed by atoms with van der Waals surface area (Å²) in [5, 5.41) is 9.23. The standard InChI is InChI=1S/C19H19NO4/c1-19(11-17(21)22)15-5-3-4-6-16(15)20(18(19)23)12-13-7-9-14(24-2)10-8-13/h3-10H,11-12H2,1-2H3,(H,21,22)/t19-/m1/s1. The summed E-state index contributed by atoms with van der Waals surface area (Å²) in [6, 6.07) is 14.9. The molecule has 1 aliphatic heterocycles. The zero-order valence-corrected chi connectivity index (χ0v) is 13.7. The molecule has 1 amide bonds. The first-order chi connectivity index (χ1) is 11.5. The molecule has 24 heavy (non-hydrogen) atoms. The number of benzene rings is 2. The molecule has 2 aromatic carbocycles. The third-order valence-electron chi connectivity index (χ3n) is 4.51. The fourth-order valence-corrected chi connectivity index (χ4v) is 3.24. The van der Waals surface area contributed by atoms with Gasteiger partial charge in [0, 0.05) is 5.69 Å². The number of nitrogens with zero attached hydrogens (tertiary/aromatic N) is 1. The van der Waals surface area contributed by atoms with E-state index in [9.17, 15) is 14.7 Å². The Labute approximate surface area is 140 Å². The topological polar surface area (TPSA) is 66.8 Å². The highest BCUT2D eigenvalue weighted by molar-refractivity contribution is 6.09. The number of fused-ring (bicyclic) bond motifs is 1. The van der Waals surface area contributed by atoms with Crippen LogP contribution in [-0.4, -0.2) is 24.1 Å². The smallest absolute Gasteiger partial charge is 0.304 e. The molecule has 3 rings (SSSR count). The second kappa shape index (κ2) is 6.00. The van der Waals surface area contributed by atoms with E-state index in [1.807, 2.05) is 48.5 Å². The van der Waals surface area contributed by atoms with Crippen LogP contribution in [-0.2, 0) is 21.5 Å². The number of carbonyl (C=O) groups is 2. The number of anilines is 1. The Morgan fingerprint density at radius 1 is 1.17 bits per heavy atom. The van der Waals surface area contributed by atoms with Crippen molar-refractivity contribution >= 4 is 17.6 Å². The highest BCUT2D eigenvalue weighted by atomic mass is 16.5. The van der Waals surface area contributed by atoms with Crippen molar-refractivity contribution in [1.29, 1.82) is 0 Å². The number of ether oxygens (including phenoxy) is 1. The number of carboxylic acid groups (broad SMARTS) is 1. The summed E-state index contributed by atoms with van der Waals surface area (Å²) in [4.78, 5) is 25.9. The first-order valence-electron chi connectivity index (χ1n) is 7.72. The van der Waals surface area contributed by atoms with Crippen LogP contribution in [0.4, 0.5) is 5.69 Å². The van der Waals surface area contributed by atoms with Crippen LogP contribution in [0.5, 0.6) is 5.75 Å². The van der Waals surface area contributed by atoms with Crippen molar-refractivity contribution in [1.82, 2.24) is 0 Å². The normalized spacial score (nSPS) is 19.2. The fraction of sp³-hybridized carbons (Fsp3) is 0.263. The maximum absolute atomic E-state index is 13.0. The molecule has 1 heterocycles. The van der Waals surface area contributed by atoms with Crippen LogP contribution >= 0.6 is 0 Å². The van der Waals surface area contributed by atoms with Crippen LogP contribution < -0.4 is 9.64 Å². The number of hydrogen-bond donors (Lipinski definition) is 1. The molecular formula is C19H19NO4. The average molecular weight is 325 g/mol. The number of para-hydroxylation sites is 1. The van der Waals surface area contributed by atoms with E-state index in [0.717, 1.165) is 22.6 Å². The van der Waals surface area contributed by atoms with E-state index in [-0.39, 0.29) is 12.3 Å². The Morgan fingerprint density at radius 3 is 2.46 bits per heavy atom. The Balaban J connectivity index is 1.96. The van der Waals surface area contributed by atoms with Crippen LogP contribution in [0.1, 0.15) is 24.5 Å². The highest BCUT2D eigenvalue weighted by Gasteiger charge is 2.48. The molecular weight excluding hydrogens is 306 g/mol. The van der Waals surface area contributed by atoms with Crippen LogP contribution in [0.15, 0.2) is 48.5 Å². The summed E-state index contributed by atoms with van der Waals surface area (Å²) in [7, 11) is 1.60. The summed E-state index contributed by atoms with van der Waals surface area (Å²) in [5.41, 5.74) is 1.47. The highest BCUT2D eigenvalue weighted by Crippen LogP contribution is 2.44. The lowest BCUT2D eigenvalue weighted by molar-refractivity contribution is -0.141. The van der Waals surface area contributed by atoms with Gasteiger partial charge in [0.1, 0.15) is 5.75 Å². The lowest BCUT2D eigenvalue weighted by Crippen LogP contribution is -2.39. The summed E-state index contributed by atoms with van der Waals surface area (Å²) in [5.74, 6) is -0.406. The van der Waals surface area contributed by atoms with Crippen molar-refractivity contribution in [2.24, 2.45) is 0 Å². The van der Waals surface area contributed by atoms with Gasteiger partial charge in [-0.2, -0.15) is 0 Å². The molecule has 5 nitrogen and oxygen atoms in total. The van der Waals surface area contributed by atoms with Crippen molar-refractivity contribution in [2.75, 3.05) is 12.0 Å². The van der Waals surface area contributed by atoms with Crippen LogP contribution in [0, 0.1) is 0 Å². The molecule has 0 aliphatic carbocycles. The van der Waals surface area contributed by atoms with E-state index in [4.69, 9.17) is 4.74 Å². The summed E-state index contributed by atoms with van der Waals surface area (Å²) in [6.45, 7) is 2.10. The van der Waals surface area contributed by atoms with Gasteiger partial charge in [-0.25, -0.2) is 0 Å². The van der Waals surface area contributed by atoms with Gasteiger partial charge in [0.15, 0.2) is 0 Å². The van der Waals surface area contributed by atoms with Gasteiger partial charge in [0.2, 0.25) is 5.91 Å². The zero-order valence-electron chi connectivity index (χ0n) is 13.7. The fourth-order valence-electron chi connectivity index (χ4n) is 3.24. The molecule has 5 heteroatoms. The predicted octanol–water partition coefficient (Wildman–Crippen LogP) is 2.97. The van der Waals surface area contributed by atoms with Crippen LogP contribution in [0.2, 0.25) is 0 Å². The van der Waals surface area contributed by atoms with Gasteiger partial charge < -0.3 is 14.7 Å². The van der Waals surface area contributed by atoms with Gasteiger partial charge in [0.05, 0.1) is 25.5 Å². The third-order valence-corrected chi connectivity index (χ3v) is 4.51. The van der Waals surface area contributed by atoms with E-state index in [2.05, 4.69) is 0 Å². The predicted molar refractivity (Wildman–Crippen MR) is 90.2 cm³/mol. The van der Waals surface area contributed by atoms with Gasteiger partial charge in [-0.15, -0.1) is 0 Å². The monoisotopic (exact) mass is 325 g/mol. The minimum absolute atomic E-state index is 0.179. The molecule has 0 aromatic heterocycles. The molecule has 0 saturated heterocycles. The summed E-state index contributed by atoms with van der Waals surface area (Å²) < 4.78 is 5.15. The summed E-state index contributed by atoms with van der Waals surface area (Å²) in [6.07, 6.45) is -0.220. The molecule has 0 spiro atoms. The van der Waals surface area contributed by atoms with E-state index in [0.29, 0.717) is 6.54 Å². The quantitative estimate of drug-likeness (QED) is 0.918. The number of carboxylic acids is 1. The molecule has 0 bridgehead atoms. The Bertz CT molecular complexity index is 784. The Morgan fingerprint density at radius 2 is 1.83 bits per heavy atom. The molecule has 1 aliphatic rings. The number of methoxy groups -OCH3 is 1. The summed E-state index contributed by atoms with van der Waals surface area (Å²) >= 11 is 0. The Hall–Kier alpha value is -2.82. The number of amides is 1. The SMILES string of the molecule is COc1ccc(CN2C(=O)[C@](C)(CC(=O)O)c3ccccc32)cc1. The molecule has 0 fully saturated rings. The first-order valence-corrected chi connectivity index (χ1v) is 7.72.